The van der Waals surface area contributed by atoms with Crippen LogP contribution in [-0.4, -0.2) is 53.8 Å². The summed E-state index contributed by atoms with van der Waals surface area (Å²) in [7, 11) is 0. The number of carbonyl (C=O) groups is 1. The highest BCUT2D eigenvalue weighted by molar-refractivity contribution is 7.99. The second-order valence-corrected chi connectivity index (χ2v) is 7.63. The third kappa shape index (κ3) is 5.02. The predicted octanol–water partition coefficient (Wildman–Crippen LogP) is 2.65. The van der Waals surface area contributed by atoms with Crippen molar-refractivity contribution >= 4 is 17.9 Å². The molecule has 0 aromatic rings. The summed E-state index contributed by atoms with van der Waals surface area (Å²) in [6.07, 6.45) is 4.20. The van der Waals surface area contributed by atoms with Crippen LogP contribution < -0.4 is 5.32 Å². The molecule has 2 aliphatic heterocycles. The van der Waals surface area contributed by atoms with E-state index in [0.29, 0.717) is 12.6 Å². The fraction of sp³-hybridized carbons (Fsp3) is 0.800. The van der Waals surface area contributed by atoms with Crippen molar-refractivity contribution in [2.24, 2.45) is 0 Å². The number of rotatable bonds is 3. The zero-order valence-corrected chi connectivity index (χ0v) is 13.6. The molecule has 20 heavy (non-hydrogen) atoms. The highest BCUT2D eigenvalue weighted by Crippen LogP contribution is 2.18. The van der Waals surface area contributed by atoms with E-state index in [4.69, 9.17) is 4.74 Å². The Hall–Kier alpha value is -0.680. The molecule has 0 bridgehead atoms. The van der Waals surface area contributed by atoms with Crippen molar-refractivity contribution in [3.63, 3.8) is 0 Å². The summed E-state index contributed by atoms with van der Waals surface area (Å²) >= 11 is 2.03. The number of hydrogen-bond acceptors (Lipinski definition) is 4. The summed E-state index contributed by atoms with van der Waals surface area (Å²) in [6.45, 7) is 8.11. The van der Waals surface area contributed by atoms with E-state index in [0.717, 1.165) is 19.5 Å². The van der Waals surface area contributed by atoms with E-state index >= 15 is 0 Å². The van der Waals surface area contributed by atoms with Crippen LogP contribution >= 0.6 is 11.8 Å². The molecule has 5 heteroatoms. The minimum absolute atomic E-state index is 0.201. The fourth-order valence-corrected chi connectivity index (χ4v) is 3.52. The van der Waals surface area contributed by atoms with Crippen LogP contribution in [0.15, 0.2) is 11.6 Å². The monoisotopic (exact) mass is 298 g/mol. The van der Waals surface area contributed by atoms with Crippen LogP contribution in [-0.2, 0) is 4.74 Å². The lowest BCUT2D eigenvalue weighted by atomic mass is 10.1. The van der Waals surface area contributed by atoms with E-state index in [2.05, 4.69) is 11.4 Å². The average Bonchev–Trinajstić information content (AvgIpc) is 2.88. The summed E-state index contributed by atoms with van der Waals surface area (Å²) in [4.78, 5) is 13.7. The third-order valence-electron chi connectivity index (χ3n) is 3.50. The molecular formula is C15H26N2O2S. The lowest BCUT2D eigenvalue weighted by molar-refractivity contribution is 0.0265. The number of nitrogens with zero attached hydrogens (tertiary/aromatic N) is 1. The van der Waals surface area contributed by atoms with Gasteiger partial charge in [0.05, 0.1) is 0 Å². The van der Waals surface area contributed by atoms with E-state index in [-0.39, 0.29) is 6.09 Å². The maximum absolute atomic E-state index is 11.9. The molecule has 1 amide bonds. The smallest absolute Gasteiger partial charge is 0.410 e. The second kappa shape index (κ2) is 6.85. The molecule has 1 atom stereocenters. The first-order valence-electron chi connectivity index (χ1n) is 7.41. The number of nitrogens with one attached hydrogen (secondary N) is 1. The topological polar surface area (TPSA) is 41.6 Å². The van der Waals surface area contributed by atoms with Crippen molar-refractivity contribution in [3.8, 4) is 0 Å². The normalized spacial score (nSPS) is 23.6. The van der Waals surface area contributed by atoms with Crippen molar-refractivity contribution < 1.29 is 9.53 Å². The zero-order valence-electron chi connectivity index (χ0n) is 12.8. The standard InChI is InChI=1S/C15H26N2O2S/c1-15(2,3)19-14(18)17-7-4-12(5-8-17)10-16-13-6-9-20-11-13/h4,13,16H,5-11H2,1-3H3. The zero-order chi connectivity index (χ0) is 14.6. The Balaban J connectivity index is 1.73. The van der Waals surface area contributed by atoms with Gasteiger partial charge in [-0.2, -0.15) is 11.8 Å². The fourth-order valence-electron chi connectivity index (χ4n) is 2.34. The molecule has 0 aliphatic carbocycles. The van der Waals surface area contributed by atoms with Crippen molar-refractivity contribution in [2.75, 3.05) is 31.1 Å². The molecular weight excluding hydrogens is 272 g/mol. The molecule has 1 N–H and O–H groups in total. The Bertz CT molecular complexity index is 371. The van der Waals surface area contributed by atoms with Crippen LogP contribution in [0.5, 0.6) is 0 Å². The van der Waals surface area contributed by atoms with E-state index in [1.165, 1.54) is 23.5 Å². The molecule has 0 aromatic carbocycles. The van der Waals surface area contributed by atoms with Crippen molar-refractivity contribution in [1.29, 1.82) is 0 Å². The van der Waals surface area contributed by atoms with Gasteiger partial charge in [0.2, 0.25) is 0 Å². The maximum atomic E-state index is 11.9. The Labute approximate surface area is 126 Å². The number of thioether (sulfide) groups is 1. The summed E-state index contributed by atoms with van der Waals surface area (Å²) in [5.74, 6) is 2.51. The molecule has 4 nitrogen and oxygen atoms in total. The first-order valence-corrected chi connectivity index (χ1v) is 8.56. The van der Waals surface area contributed by atoms with E-state index in [1.54, 1.807) is 4.90 Å². The molecule has 114 valence electrons. The van der Waals surface area contributed by atoms with Gasteiger partial charge in [0, 0.05) is 31.4 Å². The lowest BCUT2D eigenvalue weighted by Crippen LogP contribution is -2.40. The molecule has 0 radical (unpaired) electrons. The minimum atomic E-state index is -0.414. The van der Waals surface area contributed by atoms with Crippen LogP contribution in [0.2, 0.25) is 0 Å². The van der Waals surface area contributed by atoms with Gasteiger partial charge in [-0.3, -0.25) is 0 Å². The number of ether oxygens (including phenoxy) is 1. The molecule has 2 aliphatic rings. The van der Waals surface area contributed by atoms with Crippen molar-refractivity contribution in [1.82, 2.24) is 10.2 Å². The van der Waals surface area contributed by atoms with Crippen LogP contribution in [0.4, 0.5) is 4.79 Å². The summed E-state index contributed by atoms with van der Waals surface area (Å²) < 4.78 is 5.39. The Kier molecular flexibility index (Phi) is 5.38. The van der Waals surface area contributed by atoms with E-state index in [1.807, 2.05) is 32.5 Å². The largest absolute Gasteiger partial charge is 0.444 e. The molecule has 0 spiro atoms. The molecule has 0 aromatic heterocycles. The van der Waals surface area contributed by atoms with Crippen molar-refractivity contribution in [3.05, 3.63) is 11.6 Å². The van der Waals surface area contributed by atoms with Gasteiger partial charge in [0.1, 0.15) is 5.60 Å². The molecule has 0 saturated carbocycles. The van der Waals surface area contributed by atoms with Gasteiger partial charge in [0.25, 0.3) is 0 Å². The first-order chi connectivity index (χ1) is 9.44. The molecule has 1 unspecified atom stereocenters. The van der Waals surface area contributed by atoms with Gasteiger partial charge in [0.15, 0.2) is 0 Å². The lowest BCUT2D eigenvalue weighted by Gasteiger charge is -2.29. The van der Waals surface area contributed by atoms with Gasteiger partial charge in [-0.1, -0.05) is 11.6 Å². The van der Waals surface area contributed by atoms with Gasteiger partial charge < -0.3 is 15.0 Å². The highest BCUT2D eigenvalue weighted by Gasteiger charge is 2.23. The second-order valence-electron chi connectivity index (χ2n) is 6.48. The quantitative estimate of drug-likeness (QED) is 0.813. The summed E-state index contributed by atoms with van der Waals surface area (Å²) in [6, 6.07) is 0.671. The summed E-state index contributed by atoms with van der Waals surface area (Å²) in [5.41, 5.74) is 1.00. The Morgan fingerprint density at radius 1 is 1.55 bits per heavy atom. The molecule has 2 heterocycles. The molecule has 1 fully saturated rings. The van der Waals surface area contributed by atoms with Gasteiger partial charge in [-0.05, 0) is 39.4 Å². The third-order valence-corrected chi connectivity index (χ3v) is 4.66. The number of carbonyl (C=O) groups excluding carboxylic acids is 1. The van der Waals surface area contributed by atoms with Crippen molar-refractivity contribution in [2.45, 2.75) is 45.3 Å². The maximum Gasteiger partial charge on any atom is 0.410 e. The highest BCUT2D eigenvalue weighted by atomic mass is 32.2. The number of amides is 1. The molecule has 1 saturated heterocycles. The first kappa shape index (κ1) is 15.7. The van der Waals surface area contributed by atoms with E-state index in [9.17, 15) is 4.79 Å². The average molecular weight is 298 g/mol. The van der Waals surface area contributed by atoms with Crippen LogP contribution in [0.3, 0.4) is 0 Å². The van der Waals surface area contributed by atoms with Gasteiger partial charge in [-0.15, -0.1) is 0 Å². The summed E-state index contributed by atoms with van der Waals surface area (Å²) in [5, 5.41) is 3.61. The van der Waals surface area contributed by atoms with Gasteiger partial charge in [-0.25, -0.2) is 4.79 Å². The number of hydrogen-bond donors (Lipinski definition) is 1. The van der Waals surface area contributed by atoms with Crippen LogP contribution in [0.25, 0.3) is 0 Å². The SMILES string of the molecule is CC(C)(C)OC(=O)N1CC=C(CNC2CCSC2)CC1. The van der Waals surface area contributed by atoms with E-state index < -0.39 is 5.60 Å². The van der Waals surface area contributed by atoms with Crippen LogP contribution in [0.1, 0.15) is 33.6 Å². The van der Waals surface area contributed by atoms with Gasteiger partial charge >= 0.3 is 6.09 Å². The predicted molar refractivity (Wildman–Crippen MR) is 84.2 cm³/mol. The molecule has 2 rings (SSSR count). The Morgan fingerprint density at radius 2 is 2.35 bits per heavy atom. The Morgan fingerprint density at radius 3 is 2.90 bits per heavy atom. The minimum Gasteiger partial charge on any atom is -0.444 e. The van der Waals surface area contributed by atoms with Crippen LogP contribution in [0, 0.1) is 0 Å².